The Kier molecular flexibility index (Phi) is 16.3. The number of anilines is 6. The molecule has 0 aliphatic heterocycles. The molecule has 0 saturated heterocycles. The van der Waals surface area contributed by atoms with Crippen LogP contribution < -0.4 is 19.3 Å². The molecule has 0 saturated carbocycles. The average Bonchev–Trinajstić information content (AvgIpc) is 3.31. The molecule has 6 rings (SSSR count). The molecule has 0 radical (unpaired) electrons. The normalized spacial score (nSPS) is 10.5. The Morgan fingerprint density at radius 3 is 0.855 bits per heavy atom. The summed E-state index contributed by atoms with van der Waals surface area (Å²) in [6, 6.07) is 46.8. The standard InChI is InChI=1S/C54H56N2O6/c1-7-59-35-31-41-11-21-47(22-12-41)55(48-23-13-42(14-24-48)32-36-60-8-2)51-29-19-45(39-53(51)57-5)46-20-30-52(54(40-46)58-6)56(49-25-15-43(16-26-49)33-37-61-9-3)50-27-17-44(18-28-50)34-38-62-10-4/h7-30,39-40H,1-4,31-38H2,5-6H3. The van der Waals surface area contributed by atoms with E-state index in [1.54, 1.807) is 14.2 Å². The van der Waals surface area contributed by atoms with Crippen LogP contribution in [0.5, 0.6) is 11.5 Å². The summed E-state index contributed by atoms with van der Waals surface area (Å²) in [6.45, 7) is 16.9. The number of ether oxygens (including phenoxy) is 6. The maximum absolute atomic E-state index is 6.17. The molecule has 6 aromatic carbocycles. The first-order valence-corrected chi connectivity index (χ1v) is 20.7. The minimum atomic E-state index is 0.572. The van der Waals surface area contributed by atoms with Crippen LogP contribution in [0.4, 0.5) is 34.1 Å². The second kappa shape index (κ2) is 22.9. The molecule has 0 unspecified atom stereocenters. The molecular weight excluding hydrogens is 773 g/mol. The molecule has 6 aromatic rings. The third kappa shape index (κ3) is 11.5. The maximum atomic E-state index is 6.17. The van der Waals surface area contributed by atoms with Crippen molar-refractivity contribution in [3.8, 4) is 22.6 Å². The topological polar surface area (TPSA) is 61.9 Å². The molecule has 0 heterocycles. The lowest BCUT2D eigenvalue weighted by atomic mass is 10.0. The molecule has 0 amide bonds. The number of benzene rings is 6. The van der Waals surface area contributed by atoms with E-state index < -0.39 is 0 Å². The van der Waals surface area contributed by atoms with Crippen LogP contribution in [0.2, 0.25) is 0 Å². The van der Waals surface area contributed by atoms with Crippen molar-refractivity contribution < 1.29 is 28.4 Å². The van der Waals surface area contributed by atoms with Gasteiger partial charge in [0.1, 0.15) is 11.5 Å². The van der Waals surface area contributed by atoms with Crippen molar-refractivity contribution in [1.29, 1.82) is 0 Å². The fraction of sp³-hybridized carbons (Fsp3) is 0.185. The van der Waals surface area contributed by atoms with Crippen LogP contribution in [0.3, 0.4) is 0 Å². The fourth-order valence-electron chi connectivity index (χ4n) is 7.23. The highest BCUT2D eigenvalue weighted by molar-refractivity contribution is 5.85. The first-order valence-electron chi connectivity index (χ1n) is 20.7. The molecule has 0 N–H and O–H groups in total. The van der Waals surface area contributed by atoms with Crippen molar-refractivity contribution in [2.75, 3.05) is 50.4 Å². The van der Waals surface area contributed by atoms with Gasteiger partial charge in [0.25, 0.3) is 0 Å². The molecule has 0 bridgehead atoms. The Morgan fingerprint density at radius 2 is 0.629 bits per heavy atom. The van der Waals surface area contributed by atoms with Crippen LogP contribution in [0.1, 0.15) is 22.3 Å². The van der Waals surface area contributed by atoms with Crippen LogP contribution >= 0.6 is 0 Å². The molecule has 0 aliphatic carbocycles. The number of methoxy groups -OCH3 is 2. The summed E-state index contributed by atoms with van der Waals surface area (Å²) in [5.41, 5.74) is 12.4. The van der Waals surface area contributed by atoms with Crippen molar-refractivity contribution >= 4 is 34.1 Å². The Bertz CT molecular complexity index is 2070. The van der Waals surface area contributed by atoms with Gasteiger partial charge in [0, 0.05) is 48.4 Å². The molecule has 0 aliphatic rings. The zero-order chi connectivity index (χ0) is 43.5. The molecule has 62 heavy (non-hydrogen) atoms. The predicted octanol–water partition coefficient (Wildman–Crippen LogP) is 13.1. The highest BCUT2D eigenvalue weighted by Crippen LogP contribution is 2.45. The highest BCUT2D eigenvalue weighted by atomic mass is 16.5. The van der Waals surface area contributed by atoms with Crippen LogP contribution in [-0.4, -0.2) is 40.6 Å². The van der Waals surface area contributed by atoms with Gasteiger partial charge in [-0.15, -0.1) is 0 Å². The molecule has 0 spiro atoms. The minimum absolute atomic E-state index is 0.572. The first-order chi connectivity index (χ1) is 30.5. The van der Waals surface area contributed by atoms with Gasteiger partial charge in [0.05, 0.1) is 77.1 Å². The van der Waals surface area contributed by atoms with Crippen LogP contribution in [0.15, 0.2) is 185 Å². The number of nitrogens with zero attached hydrogens (tertiary/aromatic N) is 2. The van der Waals surface area contributed by atoms with Gasteiger partial charge in [-0.3, -0.25) is 0 Å². The molecule has 318 valence electrons. The smallest absolute Gasteiger partial charge is 0.143 e. The summed E-state index contributed by atoms with van der Waals surface area (Å²) in [4.78, 5) is 4.43. The van der Waals surface area contributed by atoms with Gasteiger partial charge in [0.2, 0.25) is 0 Å². The van der Waals surface area contributed by atoms with Gasteiger partial charge in [-0.05, 0) is 106 Å². The predicted molar refractivity (Wildman–Crippen MR) is 254 cm³/mol. The molecule has 8 nitrogen and oxygen atoms in total. The number of hydrogen-bond acceptors (Lipinski definition) is 8. The van der Waals surface area contributed by atoms with Crippen LogP contribution in [0.25, 0.3) is 11.1 Å². The van der Waals surface area contributed by atoms with E-state index in [9.17, 15) is 0 Å². The summed E-state index contributed by atoms with van der Waals surface area (Å²) >= 11 is 0. The molecule has 8 heteroatoms. The van der Waals surface area contributed by atoms with Crippen molar-refractivity contribution in [3.63, 3.8) is 0 Å². The largest absolute Gasteiger partial charge is 0.501 e. The van der Waals surface area contributed by atoms with E-state index in [2.05, 4.69) is 170 Å². The summed E-state index contributed by atoms with van der Waals surface area (Å²) in [5, 5.41) is 0. The summed E-state index contributed by atoms with van der Waals surface area (Å²) in [6.07, 6.45) is 9.03. The SMILES string of the molecule is C=COCCc1ccc(N(c2ccc(CCOC=C)cc2)c2ccc(-c3ccc(N(c4ccc(CCOC=C)cc4)c4ccc(CCOC=C)cc4)c(OC)c3)cc2OC)cc1. The summed E-state index contributed by atoms with van der Waals surface area (Å²) < 4.78 is 33.9. The van der Waals surface area contributed by atoms with Crippen molar-refractivity contribution in [2.45, 2.75) is 25.7 Å². The highest BCUT2D eigenvalue weighted by Gasteiger charge is 2.21. The van der Waals surface area contributed by atoms with Gasteiger partial charge in [0.15, 0.2) is 0 Å². The first kappa shape index (κ1) is 44.2. The second-order valence-corrected chi connectivity index (χ2v) is 14.3. The fourth-order valence-corrected chi connectivity index (χ4v) is 7.23. The Balaban J connectivity index is 1.36. The van der Waals surface area contributed by atoms with E-state index in [0.29, 0.717) is 26.4 Å². The molecule has 0 aromatic heterocycles. The number of rotatable bonds is 25. The summed E-state index contributed by atoms with van der Waals surface area (Å²) in [7, 11) is 3.42. The maximum Gasteiger partial charge on any atom is 0.143 e. The van der Waals surface area contributed by atoms with Gasteiger partial charge in [-0.25, -0.2) is 0 Å². The van der Waals surface area contributed by atoms with Crippen molar-refractivity contribution in [3.05, 3.63) is 207 Å². The van der Waals surface area contributed by atoms with Crippen molar-refractivity contribution in [1.82, 2.24) is 0 Å². The zero-order valence-electron chi connectivity index (χ0n) is 35.8. The minimum Gasteiger partial charge on any atom is -0.501 e. The lowest BCUT2D eigenvalue weighted by molar-refractivity contribution is 0.255. The van der Waals surface area contributed by atoms with Crippen LogP contribution in [0, 0.1) is 0 Å². The van der Waals surface area contributed by atoms with Crippen molar-refractivity contribution in [2.24, 2.45) is 0 Å². The van der Waals surface area contributed by atoms with Crippen LogP contribution in [-0.2, 0) is 44.6 Å². The van der Waals surface area contributed by atoms with E-state index in [1.807, 2.05) is 0 Å². The number of hydrogen-bond donors (Lipinski definition) is 0. The van der Waals surface area contributed by atoms with Gasteiger partial charge in [-0.2, -0.15) is 0 Å². The van der Waals surface area contributed by atoms with E-state index in [4.69, 9.17) is 28.4 Å². The van der Waals surface area contributed by atoms with Gasteiger partial charge in [-0.1, -0.05) is 87.0 Å². The van der Waals surface area contributed by atoms with E-state index in [0.717, 1.165) is 82.4 Å². The zero-order valence-corrected chi connectivity index (χ0v) is 35.8. The monoisotopic (exact) mass is 828 g/mol. The van der Waals surface area contributed by atoms with E-state index in [1.165, 1.54) is 47.3 Å². The second-order valence-electron chi connectivity index (χ2n) is 14.3. The van der Waals surface area contributed by atoms with Gasteiger partial charge < -0.3 is 38.2 Å². The Labute approximate surface area is 367 Å². The molecule has 0 fully saturated rings. The third-order valence-electron chi connectivity index (χ3n) is 10.5. The average molecular weight is 829 g/mol. The van der Waals surface area contributed by atoms with E-state index >= 15 is 0 Å². The lowest BCUT2D eigenvalue weighted by Crippen LogP contribution is -2.12. The quantitative estimate of drug-likeness (QED) is 0.0418. The van der Waals surface area contributed by atoms with Gasteiger partial charge >= 0.3 is 0 Å². The Morgan fingerprint density at radius 1 is 0.371 bits per heavy atom. The van der Waals surface area contributed by atoms with E-state index in [-0.39, 0.29) is 0 Å². The Hall–Kier alpha value is -7.32. The molecular formula is C54H56N2O6. The third-order valence-corrected chi connectivity index (χ3v) is 10.5. The summed E-state index contributed by atoms with van der Waals surface area (Å²) in [5.74, 6) is 1.44. The lowest BCUT2D eigenvalue weighted by Gasteiger charge is -2.28. The molecule has 0 atom stereocenters.